The summed E-state index contributed by atoms with van der Waals surface area (Å²) in [5.74, 6) is -1.42. The fraction of sp³-hybridized carbons (Fsp3) is 0.462. The second-order valence-corrected chi connectivity index (χ2v) is 6.92. The lowest BCUT2D eigenvalue weighted by atomic mass is 9.99. The van der Waals surface area contributed by atoms with Crippen LogP contribution in [-0.4, -0.2) is 31.7 Å². The van der Waals surface area contributed by atoms with Crippen molar-refractivity contribution < 1.29 is 17.6 Å². The largest absolute Gasteiger partial charge is 0.369 e. The van der Waals surface area contributed by atoms with Gasteiger partial charge >= 0.3 is 0 Å². The van der Waals surface area contributed by atoms with E-state index < -0.39 is 27.7 Å². The van der Waals surface area contributed by atoms with Crippen LogP contribution in [-0.2, 0) is 14.8 Å². The number of benzene rings is 1. The highest BCUT2D eigenvalue weighted by Gasteiger charge is 2.33. The number of amides is 1. The number of primary amides is 1. The van der Waals surface area contributed by atoms with Gasteiger partial charge in [0.2, 0.25) is 15.9 Å². The third-order valence-corrected chi connectivity index (χ3v) is 5.57. The summed E-state index contributed by atoms with van der Waals surface area (Å²) in [4.78, 5) is 11.3. The van der Waals surface area contributed by atoms with E-state index in [4.69, 9.17) is 5.73 Å². The van der Waals surface area contributed by atoms with Gasteiger partial charge in [-0.25, -0.2) is 12.8 Å². The van der Waals surface area contributed by atoms with Crippen LogP contribution in [0.5, 0.6) is 0 Å². The Morgan fingerprint density at radius 2 is 2.15 bits per heavy atom. The van der Waals surface area contributed by atoms with Crippen molar-refractivity contribution in [3.63, 3.8) is 0 Å². The number of sulfonamides is 1. The number of aryl methyl sites for hydroxylation is 1. The van der Waals surface area contributed by atoms with Gasteiger partial charge in [-0.15, -0.1) is 0 Å². The molecule has 0 spiro atoms. The van der Waals surface area contributed by atoms with Crippen molar-refractivity contribution in [3.05, 3.63) is 29.6 Å². The average Bonchev–Trinajstić information content (AvgIpc) is 2.38. The minimum absolute atomic E-state index is 0.0732. The highest BCUT2D eigenvalue weighted by atomic mass is 32.2. The maximum atomic E-state index is 13.1. The zero-order valence-electron chi connectivity index (χ0n) is 11.2. The maximum Gasteiger partial charge on any atom is 0.243 e. The molecule has 1 aliphatic rings. The molecule has 1 aliphatic heterocycles. The molecule has 2 N–H and O–H groups in total. The third-order valence-electron chi connectivity index (χ3n) is 3.54. The number of nitrogens with two attached hydrogens (primary N) is 1. The van der Waals surface area contributed by atoms with Crippen molar-refractivity contribution in [2.75, 3.05) is 13.1 Å². The minimum Gasteiger partial charge on any atom is -0.369 e. The first kappa shape index (κ1) is 14.9. The van der Waals surface area contributed by atoms with Crippen LogP contribution in [0.25, 0.3) is 0 Å². The average molecular weight is 300 g/mol. The first-order chi connectivity index (χ1) is 9.32. The van der Waals surface area contributed by atoms with Gasteiger partial charge in [-0.3, -0.25) is 4.79 Å². The predicted molar refractivity (Wildman–Crippen MR) is 71.8 cm³/mol. The Morgan fingerprint density at radius 3 is 2.75 bits per heavy atom. The van der Waals surface area contributed by atoms with Gasteiger partial charge in [-0.2, -0.15) is 4.31 Å². The molecule has 1 fully saturated rings. The fourth-order valence-corrected chi connectivity index (χ4v) is 4.16. The van der Waals surface area contributed by atoms with E-state index in [9.17, 15) is 17.6 Å². The molecule has 0 unspecified atom stereocenters. The van der Waals surface area contributed by atoms with Crippen LogP contribution in [0.15, 0.2) is 23.1 Å². The molecule has 1 aromatic carbocycles. The highest BCUT2D eigenvalue weighted by Crippen LogP contribution is 2.25. The summed E-state index contributed by atoms with van der Waals surface area (Å²) in [6.45, 7) is 1.99. The summed E-state index contributed by atoms with van der Waals surface area (Å²) in [7, 11) is -3.72. The zero-order valence-corrected chi connectivity index (χ0v) is 12.0. The number of rotatable bonds is 3. The third kappa shape index (κ3) is 2.83. The van der Waals surface area contributed by atoms with Gasteiger partial charge < -0.3 is 5.73 Å². The molecule has 1 aromatic rings. The number of hydrogen-bond donors (Lipinski definition) is 1. The van der Waals surface area contributed by atoms with E-state index in [1.54, 1.807) is 6.92 Å². The normalized spacial score (nSPS) is 20.8. The minimum atomic E-state index is -3.72. The standard InChI is InChI=1S/C13H17FN2O3S/c1-9-7-11(14)4-5-12(9)20(18,19)16-6-2-3-10(8-16)13(15)17/h4-5,7,10H,2-3,6,8H2,1H3,(H2,15,17)/t10-/m1/s1. The van der Waals surface area contributed by atoms with Gasteiger partial charge in [0.1, 0.15) is 5.82 Å². The molecule has 0 saturated carbocycles. The van der Waals surface area contributed by atoms with E-state index in [-0.39, 0.29) is 11.4 Å². The Labute approximate surface area is 117 Å². The van der Waals surface area contributed by atoms with E-state index in [1.165, 1.54) is 16.4 Å². The molecule has 20 heavy (non-hydrogen) atoms. The number of carbonyl (C=O) groups excluding carboxylic acids is 1. The molecule has 2 rings (SSSR count). The molecule has 110 valence electrons. The van der Waals surface area contributed by atoms with E-state index >= 15 is 0 Å². The fourth-order valence-electron chi connectivity index (χ4n) is 2.43. The van der Waals surface area contributed by atoms with E-state index in [2.05, 4.69) is 0 Å². The lowest BCUT2D eigenvalue weighted by Gasteiger charge is -2.30. The van der Waals surface area contributed by atoms with E-state index in [1.807, 2.05) is 0 Å². The second-order valence-electron chi connectivity index (χ2n) is 5.01. The predicted octanol–water partition coefficient (Wildman–Crippen LogP) is 1.02. The Bertz CT molecular complexity index is 631. The number of halogens is 1. The smallest absolute Gasteiger partial charge is 0.243 e. The summed E-state index contributed by atoms with van der Waals surface area (Å²) >= 11 is 0. The van der Waals surface area contributed by atoms with Crippen molar-refractivity contribution in [1.82, 2.24) is 4.31 Å². The molecule has 1 atom stereocenters. The van der Waals surface area contributed by atoms with Crippen LogP contribution in [0.2, 0.25) is 0 Å². The molecular weight excluding hydrogens is 283 g/mol. The molecule has 1 amide bonds. The summed E-state index contributed by atoms with van der Waals surface area (Å²) < 4.78 is 39.4. The van der Waals surface area contributed by atoms with Crippen LogP contribution in [0.4, 0.5) is 4.39 Å². The lowest BCUT2D eigenvalue weighted by Crippen LogP contribution is -2.44. The zero-order chi connectivity index (χ0) is 14.9. The van der Waals surface area contributed by atoms with Gasteiger partial charge in [0, 0.05) is 13.1 Å². The lowest BCUT2D eigenvalue weighted by molar-refractivity contribution is -0.122. The van der Waals surface area contributed by atoms with Gasteiger partial charge in [0.15, 0.2) is 0 Å². The van der Waals surface area contributed by atoms with Crippen molar-refractivity contribution in [2.45, 2.75) is 24.7 Å². The number of hydrogen-bond acceptors (Lipinski definition) is 3. The maximum absolute atomic E-state index is 13.1. The van der Waals surface area contributed by atoms with E-state index in [0.717, 1.165) is 6.07 Å². The summed E-state index contributed by atoms with van der Waals surface area (Å²) in [5, 5.41) is 0. The van der Waals surface area contributed by atoms with Gasteiger partial charge in [0.05, 0.1) is 10.8 Å². The molecule has 0 aliphatic carbocycles. The Kier molecular flexibility index (Phi) is 4.10. The molecular formula is C13H17FN2O3S. The second kappa shape index (κ2) is 5.49. The molecule has 5 nitrogen and oxygen atoms in total. The first-order valence-corrected chi connectivity index (χ1v) is 7.82. The van der Waals surface area contributed by atoms with Crippen molar-refractivity contribution >= 4 is 15.9 Å². The summed E-state index contributed by atoms with van der Waals surface area (Å²) in [6, 6.07) is 3.56. The van der Waals surface area contributed by atoms with Gasteiger partial charge in [-0.05, 0) is 43.5 Å². The molecule has 0 bridgehead atoms. The van der Waals surface area contributed by atoms with Crippen molar-refractivity contribution in [1.29, 1.82) is 0 Å². The Balaban J connectivity index is 2.32. The molecule has 0 aromatic heterocycles. The van der Waals surface area contributed by atoms with Crippen LogP contribution < -0.4 is 5.73 Å². The molecule has 7 heteroatoms. The first-order valence-electron chi connectivity index (χ1n) is 6.38. The van der Waals surface area contributed by atoms with Crippen LogP contribution in [0.1, 0.15) is 18.4 Å². The topological polar surface area (TPSA) is 80.5 Å². The van der Waals surface area contributed by atoms with Crippen LogP contribution in [0.3, 0.4) is 0 Å². The highest BCUT2D eigenvalue weighted by molar-refractivity contribution is 7.89. The van der Waals surface area contributed by atoms with Crippen LogP contribution in [0, 0.1) is 18.7 Å². The van der Waals surface area contributed by atoms with Crippen molar-refractivity contribution in [2.24, 2.45) is 11.7 Å². The van der Waals surface area contributed by atoms with Crippen molar-refractivity contribution in [3.8, 4) is 0 Å². The van der Waals surface area contributed by atoms with Gasteiger partial charge in [0.25, 0.3) is 0 Å². The number of nitrogens with zero attached hydrogens (tertiary/aromatic N) is 1. The monoisotopic (exact) mass is 300 g/mol. The molecule has 0 radical (unpaired) electrons. The SMILES string of the molecule is Cc1cc(F)ccc1S(=O)(=O)N1CCC[C@@H](C(N)=O)C1. The Hall–Kier alpha value is -1.47. The summed E-state index contributed by atoms with van der Waals surface area (Å²) in [5.41, 5.74) is 5.60. The molecule has 1 saturated heterocycles. The Morgan fingerprint density at radius 1 is 1.45 bits per heavy atom. The van der Waals surface area contributed by atoms with Crippen LogP contribution >= 0.6 is 0 Å². The van der Waals surface area contributed by atoms with E-state index in [0.29, 0.717) is 24.9 Å². The number of piperidine rings is 1. The summed E-state index contributed by atoms with van der Waals surface area (Å²) in [6.07, 6.45) is 1.19. The number of carbonyl (C=O) groups is 1. The molecule has 1 heterocycles. The van der Waals surface area contributed by atoms with Gasteiger partial charge in [-0.1, -0.05) is 0 Å². The quantitative estimate of drug-likeness (QED) is 0.905.